The van der Waals surface area contributed by atoms with Crippen LogP contribution in [0.25, 0.3) is 0 Å². The van der Waals surface area contributed by atoms with E-state index in [1.54, 1.807) is 4.90 Å². The molecule has 0 aliphatic carbocycles. The summed E-state index contributed by atoms with van der Waals surface area (Å²) in [6.07, 6.45) is 1.46. The minimum atomic E-state index is -3.97. The van der Waals surface area contributed by atoms with Crippen LogP contribution < -0.4 is 0 Å². The molecule has 10 heteroatoms. The summed E-state index contributed by atoms with van der Waals surface area (Å²) < 4.78 is 26.2. The number of carboxylic acid groups (broad SMARTS) is 1. The van der Waals surface area contributed by atoms with Crippen molar-refractivity contribution < 1.29 is 23.1 Å². The Morgan fingerprint density at radius 1 is 1.29 bits per heavy atom. The molecule has 0 aromatic carbocycles. The Kier molecular flexibility index (Phi) is 4.28. The Morgan fingerprint density at radius 3 is 2.62 bits per heavy atom. The molecular weight excluding hydrogens is 300 g/mol. The van der Waals surface area contributed by atoms with Gasteiger partial charge in [0.05, 0.1) is 6.20 Å². The summed E-state index contributed by atoms with van der Waals surface area (Å²) in [4.78, 5) is 23.9. The lowest BCUT2D eigenvalue weighted by Gasteiger charge is -2.20. The molecule has 2 rings (SSSR count). The van der Waals surface area contributed by atoms with Crippen molar-refractivity contribution in [2.45, 2.75) is 18.4 Å². The Bertz CT molecular complexity index is 653. The predicted octanol–water partition coefficient (Wildman–Crippen LogP) is -0.649. The van der Waals surface area contributed by atoms with Gasteiger partial charge in [0.1, 0.15) is 5.56 Å². The largest absolute Gasteiger partial charge is 0.478 e. The zero-order valence-electron chi connectivity index (χ0n) is 11.4. The fraction of sp³-hybridized carbons (Fsp3) is 0.545. The van der Waals surface area contributed by atoms with Gasteiger partial charge in [-0.2, -0.15) is 9.40 Å². The first kappa shape index (κ1) is 15.4. The Morgan fingerprint density at radius 2 is 2.00 bits per heavy atom. The zero-order chi connectivity index (χ0) is 15.6. The molecule has 1 aliphatic heterocycles. The molecule has 0 bridgehead atoms. The van der Waals surface area contributed by atoms with Crippen LogP contribution in [0.1, 0.15) is 23.7 Å². The van der Waals surface area contributed by atoms with Gasteiger partial charge in [0, 0.05) is 33.1 Å². The van der Waals surface area contributed by atoms with E-state index < -0.39 is 21.0 Å². The first-order chi connectivity index (χ1) is 9.84. The Hall–Kier alpha value is -1.94. The smallest absolute Gasteiger partial charge is 0.340 e. The molecule has 0 radical (unpaired) electrons. The van der Waals surface area contributed by atoms with Crippen molar-refractivity contribution in [1.29, 1.82) is 0 Å². The molecule has 2 N–H and O–H groups in total. The summed E-state index contributed by atoms with van der Waals surface area (Å²) in [6, 6.07) is 0. The third kappa shape index (κ3) is 3.05. The number of aromatic amines is 1. The second-order valence-electron chi connectivity index (χ2n) is 4.68. The molecule has 21 heavy (non-hydrogen) atoms. The number of amides is 1. The second kappa shape index (κ2) is 5.82. The highest BCUT2D eigenvalue weighted by Crippen LogP contribution is 2.19. The van der Waals surface area contributed by atoms with Gasteiger partial charge in [0.2, 0.25) is 5.91 Å². The van der Waals surface area contributed by atoms with Gasteiger partial charge in [-0.25, -0.2) is 13.2 Å². The minimum Gasteiger partial charge on any atom is -0.478 e. The quantitative estimate of drug-likeness (QED) is 0.764. The van der Waals surface area contributed by atoms with Gasteiger partial charge in [-0.1, -0.05) is 0 Å². The molecule has 9 nitrogen and oxygen atoms in total. The van der Waals surface area contributed by atoms with Gasteiger partial charge >= 0.3 is 5.97 Å². The maximum absolute atomic E-state index is 12.5. The van der Waals surface area contributed by atoms with E-state index in [2.05, 4.69) is 10.2 Å². The highest BCUT2D eigenvalue weighted by Gasteiger charge is 2.32. The predicted molar refractivity (Wildman–Crippen MR) is 71.2 cm³/mol. The van der Waals surface area contributed by atoms with E-state index in [1.807, 2.05) is 0 Å². The molecule has 1 saturated heterocycles. The lowest BCUT2D eigenvalue weighted by molar-refractivity contribution is -0.128. The van der Waals surface area contributed by atoms with E-state index in [1.165, 1.54) is 11.2 Å². The van der Waals surface area contributed by atoms with Crippen LogP contribution in [0.15, 0.2) is 11.2 Å². The number of H-pyrrole nitrogens is 1. The number of sulfonamides is 1. The molecule has 2 heterocycles. The number of carbonyl (C=O) groups is 2. The van der Waals surface area contributed by atoms with E-state index in [0.717, 1.165) is 6.20 Å². The number of aromatic carboxylic acids is 1. The van der Waals surface area contributed by atoms with Crippen LogP contribution in [-0.4, -0.2) is 71.0 Å². The summed E-state index contributed by atoms with van der Waals surface area (Å²) in [6.45, 7) is 2.55. The summed E-state index contributed by atoms with van der Waals surface area (Å²) in [5.74, 6) is -1.47. The van der Waals surface area contributed by atoms with Crippen molar-refractivity contribution in [1.82, 2.24) is 19.4 Å². The summed E-state index contributed by atoms with van der Waals surface area (Å²) in [5, 5.41) is 14.3. The number of aromatic nitrogens is 2. The van der Waals surface area contributed by atoms with Crippen LogP contribution >= 0.6 is 0 Å². The van der Waals surface area contributed by atoms with Crippen LogP contribution in [0, 0.1) is 0 Å². The molecule has 1 amide bonds. The van der Waals surface area contributed by atoms with E-state index in [9.17, 15) is 18.0 Å². The van der Waals surface area contributed by atoms with Gasteiger partial charge in [-0.15, -0.1) is 0 Å². The van der Waals surface area contributed by atoms with E-state index in [4.69, 9.17) is 5.11 Å². The summed E-state index contributed by atoms with van der Waals surface area (Å²) in [5.41, 5.74) is -0.386. The number of nitrogens with one attached hydrogen (secondary N) is 1. The van der Waals surface area contributed by atoms with Crippen molar-refractivity contribution in [3.05, 3.63) is 11.8 Å². The van der Waals surface area contributed by atoms with Crippen molar-refractivity contribution in [2.75, 3.05) is 26.2 Å². The lowest BCUT2D eigenvalue weighted by atomic mass is 10.4. The molecular formula is C11H16N4O5S. The highest BCUT2D eigenvalue weighted by atomic mass is 32.2. The van der Waals surface area contributed by atoms with Gasteiger partial charge in [-0.05, 0) is 6.42 Å². The van der Waals surface area contributed by atoms with Gasteiger partial charge in [0.25, 0.3) is 10.0 Å². The van der Waals surface area contributed by atoms with Crippen LogP contribution in [0.4, 0.5) is 0 Å². The second-order valence-corrected chi connectivity index (χ2v) is 6.56. The lowest BCUT2D eigenvalue weighted by Crippen LogP contribution is -2.37. The molecule has 1 aromatic rings. The molecule has 0 saturated carbocycles. The molecule has 1 aliphatic rings. The average Bonchev–Trinajstić information content (AvgIpc) is 2.76. The number of carboxylic acids is 1. The minimum absolute atomic E-state index is 0.109. The van der Waals surface area contributed by atoms with Gasteiger partial charge in [0.15, 0.2) is 5.03 Å². The van der Waals surface area contributed by atoms with E-state index in [-0.39, 0.29) is 31.1 Å². The number of rotatable bonds is 3. The number of nitrogens with zero attached hydrogens (tertiary/aromatic N) is 3. The monoisotopic (exact) mass is 316 g/mol. The molecule has 0 atom stereocenters. The first-order valence-corrected chi connectivity index (χ1v) is 7.80. The highest BCUT2D eigenvalue weighted by molar-refractivity contribution is 7.89. The maximum atomic E-state index is 12.5. The average molecular weight is 316 g/mol. The summed E-state index contributed by atoms with van der Waals surface area (Å²) in [7, 11) is -3.97. The maximum Gasteiger partial charge on any atom is 0.340 e. The third-order valence-corrected chi connectivity index (χ3v) is 5.20. The Labute approximate surface area is 121 Å². The van der Waals surface area contributed by atoms with Crippen LogP contribution in [-0.2, 0) is 14.8 Å². The SMILES string of the molecule is CC(=O)N1CCCN(S(=O)(=O)c2[nH]ncc2C(=O)O)CC1. The van der Waals surface area contributed by atoms with E-state index in [0.29, 0.717) is 13.0 Å². The van der Waals surface area contributed by atoms with Crippen LogP contribution in [0.3, 0.4) is 0 Å². The van der Waals surface area contributed by atoms with Crippen molar-refractivity contribution in [3.63, 3.8) is 0 Å². The molecule has 1 fully saturated rings. The number of hydrogen-bond acceptors (Lipinski definition) is 5. The van der Waals surface area contributed by atoms with Crippen molar-refractivity contribution in [3.8, 4) is 0 Å². The summed E-state index contributed by atoms with van der Waals surface area (Å²) >= 11 is 0. The van der Waals surface area contributed by atoms with Crippen molar-refractivity contribution in [2.24, 2.45) is 0 Å². The van der Waals surface area contributed by atoms with E-state index >= 15 is 0 Å². The number of carbonyl (C=O) groups excluding carboxylic acids is 1. The fourth-order valence-corrected chi connectivity index (χ4v) is 3.74. The first-order valence-electron chi connectivity index (χ1n) is 6.36. The number of hydrogen-bond donors (Lipinski definition) is 2. The topological polar surface area (TPSA) is 124 Å². The standard InChI is InChI=1S/C11H16N4O5S/c1-8(16)14-3-2-4-15(6-5-14)21(19,20)10-9(11(17)18)7-12-13-10/h7H,2-6H2,1H3,(H,12,13)(H,17,18). The van der Waals surface area contributed by atoms with Crippen LogP contribution in [0.5, 0.6) is 0 Å². The van der Waals surface area contributed by atoms with Crippen molar-refractivity contribution >= 4 is 21.9 Å². The molecule has 0 unspecified atom stereocenters. The third-order valence-electron chi connectivity index (χ3n) is 3.33. The molecule has 0 spiro atoms. The Balaban J connectivity index is 2.26. The zero-order valence-corrected chi connectivity index (χ0v) is 12.3. The molecule has 116 valence electrons. The van der Waals surface area contributed by atoms with Crippen LogP contribution in [0.2, 0.25) is 0 Å². The van der Waals surface area contributed by atoms with Gasteiger partial charge in [-0.3, -0.25) is 9.89 Å². The van der Waals surface area contributed by atoms with Gasteiger partial charge < -0.3 is 10.0 Å². The fourth-order valence-electron chi connectivity index (χ4n) is 2.20. The molecule has 1 aromatic heterocycles. The normalized spacial score (nSPS) is 17.5.